The number of benzene rings is 2. The zero-order chi connectivity index (χ0) is 19.3. The SMILES string of the molecule is COc1ccc([C@@]2(CC[NH2+][C@@H](C)c3ccccc3)CCOC(C)(C)C2)cc1. The van der Waals surface area contributed by atoms with Gasteiger partial charge in [-0.2, -0.15) is 0 Å². The summed E-state index contributed by atoms with van der Waals surface area (Å²) >= 11 is 0. The minimum absolute atomic E-state index is 0.0801. The highest BCUT2D eigenvalue weighted by Gasteiger charge is 2.42. The van der Waals surface area contributed by atoms with Crippen LogP contribution in [0.4, 0.5) is 0 Å². The first-order chi connectivity index (χ1) is 12.9. The molecular formula is C24H34NO2+. The molecule has 0 aliphatic carbocycles. The van der Waals surface area contributed by atoms with Gasteiger partial charge < -0.3 is 14.8 Å². The molecule has 0 bridgehead atoms. The van der Waals surface area contributed by atoms with E-state index in [0.717, 1.165) is 38.2 Å². The summed E-state index contributed by atoms with van der Waals surface area (Å²) < 4.78 is 11.4. The van der Waals surface area contributed by atoms with Crippen LogP contribution in [0.5, 0.6) is 5.75 Å². The highest BCUT2D eigenvalue weighted by atomic mass is 16.5. The molecule has 1 saturated heterocycles. The van der Waals surface area contributed by atoms with Crippen LogP contribution < -0.4 is 10.1 Å². The Balaban J connectivity index is 1.74. The Kier molecular flexibility index (Phi) is 6.23. The molecule has 146 valence electrons. The fourth-order valence-electron chi connectivity index (χ4n) is 4.53. The topological polar surface area (TPSA) is 35.1 Å². The molecule has 0 amide bonds. The molecule has 3 nitrogen and oxygen atoms in total. The molecule has 2 atom stereocenters. The maximum Gasteiger partial charge on any atom is 0.118 e. The molecule has 0 saturated carbocycles. The fourth-order valence-corrected chi connectivity index (χ4v) is 4.53. The number of nitrogens with two attached hydrogens (primary N) is 1. The number of ether oxygens (including phenoxy) is 2. The van der Waals surface area contributed by atoms with Gasteiger partial charge in [-0.1, -0.05) is 42.5 Å². The second kappa shape index (κ2) is 8.45. The molecule has 2 N–H and O–H groups in total. The van der Waals surface area contributed by atoms with E-state index in [9.17, 15) is 0 Å². The number of rotatable bonds is 7. The summed E-state index contributed by atoms with van der Waals surface area (Å²) in [6.07, 6.45) is 3.29. The second-order valence-electron chi connectivity index (χ2n) is 8.52. The van der Waals surface area contributed by atoms with Crippen LogP contribution >= 0.6 is 0 Å². The zero-order valence-corrected chi connectivity index (χ0v) is 17.2. The van der Waals surface area contributed by atoms with Gasteiger partial charge in [-0.15, -0.1) is 0 Å². The predicted molar refractivity (Wildman–Crippen MR) is 110 cm³/mol. The number of quaternary nitrogens is 1. The summed E-state index contributed by atoms with van der Waals surface area (Å²) in [6, 6.07) is 19.9. The molecule has 3 rings (SSSR count). The Hall–Kier alpha value is -1.84. The van der Waals surface area contributed by atoms with Gasteiger partial charge in [0.05, 0.1) is 19.3 Å². The van der Waals surface area contributed by atoms with Crippen molar-refractivity contribution in [1.29, 1.82) is 0 Å². The molecule has 1 aliphatic heterocycles. The Labute approximate surface area is 164 Å². The molecule has 1 aliphatic rings. The summed E-state index contributed by atoms with van der Waals surface area (Å²) in [5, 5.41) is 2.48. The lowest BCUT2D eigenvalue weighted by molar-refractivity contribution is -0.693. The third kappa shape index (κ3) is 4.91. The van der Waals surface area contributed by atoms with Crippen molar-refractivity contribution >= 4 is 0 Å². The molecule has 2 aromatic rings. The van der Waals surface area contributed by atoms with Crippen molar-refractivity contribution in [2.45, 2.75) is 57.1 Å². The summed E-state index contributed by atoms with van der Waals surface area (Å²) in [7, 11) is 1.72. The second-order valence-corrected chi connectivity index (χ2v) is 8.52. The predicted octanol–water partition coefficient (Wildman–Crippen LogP) is 4.24. The molecule has 1 fully saturated rings. The van der Waals surface area contributed by atoms with Crippen molar-refractivity contribution in [2.24, 2.45) is 0 Å². The highest BCUT2D eigenvalue weighted by Crippen LogP contribution is 2.44. The first-order valence-corrected chi connectivity index (χ1v) is 10.1. The number of hydrogen-bond donors (Lipinski definition) is 1. The van der Waals surface area contributed by atoms with Gasteiger partial charge in [0.1, 0.15) is 11.8 Å². The molecule has 0 spiro atoms. The van der Waals surface area contributed by atoms with Crippen molar-refractivity contribution in [3.8, 4) is 5.75 Å². The van der Waals surface area contributed by atoms with E-state index in [1.165, 1.54) is 11.1 Å². The van der Waals surface area contributed by atoms with E-state index in [4.69, 9.17) is 9.47 Å². The Morgan fingerprint density at radius 3 is 2.41 bits per heavy atom. The van der Waals surface area contributed by atoms with Gasteiger partial charge in [0.2, 0.25) is 0 Å². The van der Waals surface area contributed by atoms with Gasteiger partial charge in [-0.3, -0.25) is 0 Å². The molecule has 0 unspecified atom stereocenters. The van der Waals surface area contributed by atoms with Crippen molar-refractivity contribution in [2.75, 3.05) is 20.3 Å². The first kappa shape index (κ1) is 19.9. The van der Waals surface area contributed by atoms with Crippen LogP contribution in [0.25, 0.3) is 0 Å². The van der Waals surface area contributed by atoms with Crippen molar-refractivity contribution in [3.05, 3.63) is 65.7 Å². The number of methoxy groups -OCH3 is 1. The molecule has 0 radical (unpaired) electrons. The summed E-state index contributed by atoms with van der Waals surface area (Å²) in [5.74, 6) is 0.921. The summed E-state index contributed by atoms with van der Waals surface area (Å²) in [6.45, 7) is 8.68. The van der Waals surface area contributed by atoms with Crippen LogP contribution in [0.2, 0.25) is 0 Å². The fraction of sp³-hybridized carbons (Fsp3) is 0.500. The molecule has 3 heteroatoms. The first-order valence-electron chi connectivity index (χ1n) is 10.1. The van der Waals surface area contributed by atoms with E-state index in [1.54, 1.807) is 7.11 Å². The minimum Gasteiger partial charge on any atom is -0.497 e. The van der Waals surface area contributed by atoms with Crippen molar-refractivity contribution in [3.63, 3.8) is 0 Å². The number of hydrogen-bond acceptors (Lipinski definition) is 2. The van der Waals surface area contributed by atoms with E-state index < -0.39 is 0 Å². The third-order valence-electron chi connectivity index (χ3n) is 6.01. The normalized spacial score (nSPS) is 23.0. The Morgan fingerprint density at radius 1 is 1.07 bits per heavy atom. The lowest BCUT2D eigenvalue weighted by Gasteiger charge is -2.45. The molecule has 1 heterocycles. The highest BCUT2D eigenvalue weighted by molar-refractivity contribution is 5.33. The van der Waals surface area contributed by atoms with Crippen molar-refractivity contribution in [1.82, 2.24) is 0 Å². The lowest BCUT2D eigenvalue weighted by atomic mass is 9.67. The van der Waals surface area contributed by atoms with Gasteiger partial charge >= 0.3 is 0 Å². The molecular weight excluding hydrogens is 334 g/mol. The maximum atomic E-state index is 6.05. The van der Waals surface area contributed by atoms with Crippen LogP contribution in [-0.4, -0.2) is 25.9 Å². The van der Waals surface area contributed by atoms with E-state index >= 15 is 0 Å². The van der Waals surface area contributed by atoms with E-state index in [-0.39, 0.29) is 11.0 Å². The van der Waals surface area contributed by atoms with Gasteiger partial charge in [0, 0.05) is 24.0 Å². The minimum atomic E-state index is -0.0801. The monoisotopic (exact) mass is 368 g/mol. The van der Waals surface area contributed by atoms with Crippen LogP contribution in [0.15, 0.2) is 54.6 Å². The van der Waals surface area contributed by atoms with Gasteiger partial charge in [0.25, 0.3) is 0 Å². The van der Waals surface area contributed by atoms with E-state index in [2.05, 4.69) is 80.7 Å². The summed E-state index contributed by atoms with van der Waals surface area (Å²) in [5.41, 5.74) is 2.90. The van der Waals surface area contributed by atoms with E-state index in [1.807, 2.05) is 0 Å². The van der Waals surface area contributed by atoms with Gasteiger partial charge in [-0.05, 0) is 51.3 Å². The summed E-state index contributed by atoms with van der Waals surface area (Å²) in [4.78, 5) is 0. The van der Waals surface area contributed by atoms with E-state index in [0.29, 0.717) is 6.04 Å². The average molecular weight is 369 g/mol. The Morgan fingerprint density at radius 2 is 1.78 bits per heavy atom. The third-order valence-corrected chi connectivity index (χ3v) is 6.01. The largest absolute Gasteiger partial charge is 0.497 e. The Bertz CT molecular complexity index is 711. The quantitative estimate of drug-likeness (QED) is 0.793. The zero-order valence-electron chi connectivity index (χ0n) is 17.2. The van der Waals surface area contributed by atoms with Crippen LogP contribution in [0, 0.1) is 0 Å². The van der Waals surface area contributed by atoms with Crippen LogP contribution in [0.3, 0.4) is 0 Å². The standard InChI is InChI=1S/C24H33NO2/c1-19(20-8-6-5-7-9-20)25-16-14-24(15-17-27-23(2,3)18-24)21-10-12-22(26-4)13-11-21/h5-13,19,25H,14-18H2,1-4H3/p+1/t19-,24-/m0/s1. The molecule has 0 aromatic heterocycles. The smallest absolute Gasteiger partial charge is 0.118 e. The molecule has 2 aromatic carbocycles. The van der Waals surface area contributed by atoms with Crippen LogP contribution in [0.1, 0.15) is 57.2 Å². The average Bonchev–Trinajstić information content (AvgIpc) is 2.68. The van der Waals surface area contributed by atoms with Gasteiger partial charge in [-0.25, -0.2) is 0 Å². The van der Waals surface area contributed by atoms with Crippen LogP contribution in [-0.2, 0) is 10.2 Å². The van der Waals surface area contributed by atoms with Crippen molar-refractivity contribution < 1.29 is 14.8 Å². The molecule has 27 heavy (non-hydrogen) atoms. The lowest BCUT2D eigenvalue weighted by Crippen LogP contribution is -2.85. The maximum absolute atomic E-state index is 6.05. The van der Waals surface area contributed by atoms with Gasteiger partial charge in [0.15, 0.2) is 0 Å².